The number of benzene rings is 2. The van der Waals surface area contributed by atoms with Gasteiger partial charge in [-0.15, -0.1) is 0 Å². The molecular weight excluding hydrogens is 236 g/mol. The van der Waals surface area contributed by atoms with E-state index in [1.165, 1.54) is 11.1 Å². The van der Waals surface area contributed by atoms with Crippen LogP contribution < -0.4 is 15.4 Å². The first-order valence-corrected chi connectivity index (χ1v) is 6.27. The normalized spacial score (nSPS) is 10.3. The zero-order chi connectivity index (χ0) is 14.0. The Morgan fingerprint density at radius 3 is 2.16 bits per heavy atom. The predicted molar refractivity (Wildman–Crippen MR) is 81.4 cm³/mol. The standard InChI is InChI=1S/C16H20N2O/c1-11-5-7-13(17)14(9-11)18(3)15-10-12(2)6-8-16(15)19-4/h5-10H,17H2,1-4H3. The molecule has 0 aromatic heterocycles. The number of nitrogens with zero attached hydrogens (tertiary/aromatic N) is 1. The molecule has 2 rings (SSSR count). The van der Waals surface area contributed by atoms with Crippen LogP contribution in [0.15, 0.2) is 36.4 Å². The number of hydrogen-bond donors (Lipinski definition) is 1. The van der Waals surface area contributed by atoms with Gasteiger partial charge in [-0.3, -0.25) is 0 Å². The van der Waals surface area contributed by atoms with E-state index in [1.807, 2.05) is 31.3 Å². The average molecular weight is 256 g/mol. The van der Waals surface area contributed by atoms with E-state index in [1.54, 1.807) is 7.11 Å². The lowest BCUT2D eigenvalue weighted by Gasteiger charge is -2.24. The minimum atomic E-state index is 0.761. The molecular formula is C16H20N2O. The summed E-state index contributed by atoms with van der Waals surface area (Å²) in [4.78, 5) is 2.06. The van der Waals surface area contributed by atoms with Crippen molar-refractivity contribution in [2.45, 2.75) is 13.8 Å². The summed E-state index contributed by atoms with van der Waals surface area (Å²) in [5.41, 5.74) is 11.2. The Bertz CT molecular complexity index is 593. The maximum Gasteiger partial charge on any atom is 0.142 e. The van der Waals surface area contributed by atoms with E-state index in [4.69, 9.17) is 10.5 Å². The van der Waals surface area contributed by atoms with Crippen LogP contribution in [0.25, 0.3) is 0 Å². The van der Waals surface area contributed by atoms with Crippen LogP contribution >= 0.6 is 0 Å². The molecule has 0 bridgehead atoms. The molecule has 3 nitrogen and oxygen atoms in total. The second-order valence-corrected chi connectivity index (χ2v) is 4.80. The van der Waals surface area contributed by atoms with Crippen LogP contribution in [0.2, 0.25) is 0 Å². The maximum atomic E-state index is 6.07. The van der Waals surface area contributed by atoms with Crippen molar-refractivity contribution < 1.29 is 4.74 Å². The topological polar surface area (TPSA) is 38.5 Å². The third kappa shape index (κ3) is 2.65. The van der Waals surface area contributed by atoms with E-state index in [-0.39, 0.29) is 0 Å². The molecule has 0 atom stereocenters. The Morgan fingerprint density at radius 2 is 1.53 bits per heavy atom. The first kappa shape index (κ1) is 13.3. The molecule has 100 valence electrons. The van der Waals surface area contributed by atoms with Gasteiger partial charge in [-0.2, -0.15) is 0 Å². The number of methoxy groups -OCH3 is 1. The molecule has 0 fully saturated rings. The summed E-state index contributed by atoms with van der Waals surface area (Å²) in [6.07, 6.45) is 0. The molecule has 2 aromatic carbocycles. The van der Waals surface area contributed by atoms with Crippen molar-refractivity contribution >= 4 is 17.1 Å². The average Bonchev–Trinajstić information content (AvgIpc) is 2.40. The number of rotatable bonds is 3. The molecule has 0 amide bonds. The van der Waals surface area contributed by atoms with Gasteiger partial charge in [0, 0.05) is 7.05 Å². The molecule has 0 aliphatic carbocycles. The van der Waals surface area contributed by atoms with Gasteiger partial charge in [-0.1, -0.05) is 12.1 Å². The zero-order valence-corrected chi connectivity index (χ0v) is 11.9. The number of nitrogens with two attached hydrogens (primary N) is 1. The van der Waals surface area contributed by atoms with Gasteiger partial charge in [-0.05, 0) is 49.2 Å². The third-order valence-corrected chi connectivity index (χ3v) is 3.24. The third-order valence-electron chi connectivity index (χ3n) is 3.24. The summed E-state index contributed by atoms with van der Waals surface area (Å²) in [6, 6.07) is 12.1. The largest absolute Gasteiger partial charge is 0.495 e. The highest BCUT2D eigenvalue weighted by Crippen LogP contribution is 2.36. The van der Waals surface area contributed by atoms with Crippen LogP contribution in [-0.4, -0.2) is 14.2 Å². The van der Waals surface area contributed by atoms with Crippen LogP contribution in [0, 0.1) is 13.8 Å². The number of hydrogen-bond acceptors (Lipinski definition) is 3. The fourth-order valence-corrected chi connectivity index (χ4v) is 2.14. The van der Waals surface area contributed by atoms with Crippen LogP contribution in [-0.2, 0) is 0 Å². The SMILES string of the molecule is COc1ccc(C)cc1N(C)c1cc(C)ccc1N. The van der Waals surface area contributed by atoms with Gasteiger partial charge in [-0.25, -0.2) is 0 Å². The molecule has 3 heteroatoms. The van der Waals surface area contributed by atoms with E-state index >= 15 is 0 Å². The van der Waals surface area contributed by atoms with E-state index in [2.05, 4.69) is 30.9 Å². The van der Waals surface area contributed by atoms with E-state index in [0.717, 1.165) is 22.8 Å². The Labute approximate surface area is 114 Å². The molecule has 0 saturated carbocycles. The molecule has 0 radical (unpaired) electrons. The van der Waals surface area contributed by atoms with Gasteiger partial charge in [0.05, 0.1) is 24.2 Å². The maximum absolute atomic E-state index is 6.07. The minimum Gasteiger partial charge on any atom is -0.495 e. The van der Waals surface area contributed by atoms with Crippen LogP contribution in [0.4, 0.5) is 17.1 Å². The number of ether oxygens (including phenoxy) is 1. The van der Waals surface area contributed by atoms with Gasteiger partial charge in [0.1, 0.15) is 5.75 Å². The summed E-state index contributed by atoms with van der Waals surface area (Å²) < 4.78 is 5.43. The predicted octanol–water partition coefficient (Wildman–Crippen LogP) is 3.66. The molecule has 0 saturated heterocycles. The molecule has 0 aliphatic heterocycles. The minimum absolute atomic E-state index is 0.761. The van der Waals surface area contributed by atoms with Crippen LogP contribution in [0.5, 0.6) is 5.75 Å². The van der Waals surface area contributed by atoms with E-state index < -0.39 is 0 Å². The van der Waals surface area contributed by atoms with Gasteiger partial charge in [0.15, 0.2) is 0 Å². The van der Waals surface area contributed by atoms with Crippen LogP contribution in [0.1, 0.15) is 11.1 Å². The number of anilines is 3. The van der Waals surface area contributed by atoms with Gasteiger partial charge in [0.25, 0.3) is 0 Å². The quantitative estimate of drug-likeness (QED) is 0.852. The van der Waals surface area contributed by atoms with Crippen molar-refractivity contribution in [1.82, 2.24) is 0 Å². The van der Waals surface area contributed by atoms with Crippen molar-refractivity contribution in [1.29, 1.82) is 0 Å². The number of nitrogen functional groups attached to an aromatic ring is 1. The van der Waals surface area contributed by atoms with Crippen LogP contribution in [0.3, 0.4) is 0 Å². The molecule has 0 heterocycles. The first-order chi connectivity index (χ1) is 9.02. The highest BCUT2D eigenvalue weighted by molar-refractivity contribution is 5.78. The molecule has 0 aliphatic rings. The van der Waals surface area contributed by atoms with Crippen molar-refractivity contribution in [3.63, 3.8) is 0 Å². The summed E-state index contributed by atoms with van der Waals surface area (Å²) in [6.45, 7) is 4.13. The fraction of sp³-hybridized carbons (Fsp3) is 0.250. The Kier molecular flexibility index (Phi) is 3.65. The second-order valence-electron chi connectivity index (χ2n) is 4.80. The van der Waals surface area contributed by atoms with Crippen molar-refractivity contribution in [2.75, 3.05) is 24.8 Å². The lowest BCUT2D eigenvalue weighted by molar-refractivity contribution is 0.415. The molecule has 0 unspecified atom stereocenters. The molecule has 2 N–H and O–H groups in total. The van der Waals surface area contributed by atoms with Crippen molar-refractivity contribution in [3.8, 4) is 5.75 Å². The van der Waals surface area contributed by atoms with Gasteiger partial charge >= 0.3 is 0 Å². The van der Waals surface area contributed by atoms with Crippen molar-refractivity contribution in [2.24, 2.45) is 0 Å². The lowest BCUT2D eigenvalue weighted by Crippen LogP contribution is -2.13. The smallest absolute Gasteiger partial charge is 0.142 e. The molecule has 19 heavy (non-hydrogen) atoms. The Balaban J connectivity index is 2.51. The molecule has 2 aromatic rings. The Morgan fingerprint density at radius 1 is 0.947 bits per heavy atom. The summed E-state index contributed by atoms with van der Waals surface area (Å²) in [7, 11) is 3.68. The highest BCUT2D eigenvalue weighted by atomic mass is 16.5. The summed E-state index contributed by atoms with van der Waals surface area (Å²) in [5, 5.41) is 0. The monoisotopic (exact) mass is 256 g/mol. The first-order valence-electron chi connectivity index (χ1n) is 6.27. The fourth-order valence-electron chi connectivity index (χ4n) is 2.14. The Hall–Kier alpha value is -2.16. The van der Waals surface area contributed by atoms with Crippen molar-refractivity contribution in [3.05, 3.63) is 47.5 Å². The highest BCUT2D eigenvalue weighted by Gasteiger charge is 2.12. The summed E-state index contributed by atoms with van der Waals surface area (Å²) in [5.74, 6) is 0.842. The second kappa shape index (κ2) is 5.22. The van der Waals surface area contributed by atoms with Gasteiger partial charge < -0.3 is 15.4 Å². The summed E-state index contributed by atoms with van der Waals surface area (Å²) >= 11 is 0. The molecule has 0 spiro atoms. The number of aryl methyl sites for hydroxylation is 2. The zero-order valence-electron chi connectivity index (χ0n) is 11.9. The van der Waals surface area contributed by atoms with E-state index in [9.17, 15) is 0 Å². The van der Waals surface area contributed by atoms with Gasteiger partial charge in [0.2, 0.25) is 0 Å². The lowest BCUT2D eigenvalue weighted by atomic mass is 10.1. The van der Waals surface area contributed by atoms with E-state index in [0.29, 0.717) is 0 Å².